The fraction of sp³-hybridized carbons (Fsp3) is 1.00. The van der Waals surface area contributed by atoms with Gasteiger partial charge in [0.25, 0.3) is 0 Å². The Morgan fingerprint density at radius 3 is 2.60 bits per heavy atom. The normalized spacial score (nSPS) is 52.4. The van der Waals surface area contributed by atoms with Gasteiger partial charge < -0.3 is 0 Å². The largest absolute Gasteiger partial charge is 0.0625 e. The third kappa shape index (κ3) is 2.00. The van der Waals surface area contributed by atoms with Crippen LogP contribution >= 0.6 is 0 Å². The molecule has 0 saturated heterocycles. The Bertz CT molecular complexity index is 145. The predicted molar refractivity (Wildman–Crippen MR) is 46.0 cm³/mol. The van der Waals surface area contributed by atoms with E-state index in [2.05, 4.69) is 20.8 Å². The van der Waals surface area contributed by atoms with Crippen molar-refractivity contribution >= 4 is 0 Å². The molecule has 0 nitrogen and oxygen atoms in total. The van der Waals surface area contributed by atoms with Crippen LogP contribution in [0.25, 0.3) is 0 Å². The zero-order valence-corrected chi connectivity index (χ0v) is 7.30. The molecule has 0 aromatic rings. The first-order valence-electron chi connectivity index (χ1n) is 5.54. The summed E-state index contributed by atoms with van der Waals surface area (Å²) in [5.74, 6) is 1.47. The highest BCUT2D eigenvalue weighted by molar-refractivity contribution is 4.71. The molecule has 4 atom stereocenters. The van der Waals surface area contributed by atoms with E-state index in [-0.39, 0.29) is 12.8 Å². The smallest absolute Gasteiger partial charge is 0.0270 e. The third-order valence-electron chi connectivity index (χ3n) is 2.50. The number of hydrogen-bond donors (Lipinski definition) is 0. The van der Waals surface area contributed by atoms with Crippen LogP contribution in [0.2, 0.25) is 0 Å². The van der Waals surface area contributed by atoms with Crippen molar-refractivity contribution in [2.45, 2.75) is 46.4 Å². The highest BCUT2D eigenvalue weighted by Gasteiger charge is 2.19. The summed E-state index contributed by atoms with van der Waals surface area (Å²) in [7, 11) is 0. The lowest BCUT2D eigenvalue weighted by atomic mass is 9.78. The summed E-state index contributed by atoms with van der Waals surface area (Å²) in [6.45, 7) is 6.46. The van der Waals surface area contributed by atoms with Crippen molar-refractivity contribution in [2.24, 2.45) is 17.8 Å². The van der Waals surface area contributed by atoms with Crippen molar-refractivity contribution in [1.29, 1.82) is 0 Å². The van der Waals surface area contributed by atoms with Gasteiger partial charge in [-0.05, 0) is 30.6 Å². The predicted octanol–water partition coefficient (Wildman–Crippen LogP) is 3.47. The zero-order valence-electron chi connectivity index (χ0n) is 9.30. The van der Waals surface area contributed by atoms with Crippen LogP contribution in [0.15, 0.2) is 0 Å². The zero-order chi connectivity index (χ0) is 9.30. The molecule has 1 aliphatic rings. The number of rotatable bonds is 1. The minimum absolute atomic E-state index is 0.145. The van der Waals surface area contributed by atoms with Gasteiger partial charge in [-0.25, -0.2) is 0 Å². The Morgan fingerprint density at radius 1 is 1.30 bits per heavy atom. The van der Waals surface area contributed by atoms with Crippen molar-refractivity contribution in [3.63, 3.8) is 0 Å². The molecule has 0 N–H and O–H groups in total. The molecule has 0 heteroatoms. The van der Waals surface area contributed by atoms with E-state index in [1.807, 2.05) is 0 Å². The van der Waals surface area contributed by atoms with E-state index < -0.39 is 0 Å². The molecule has 0 aromatic carbocycles. The highest BCUT2D eigenvalue weighted by atomic mass is 14.3. The molecule has 10 heavy (non-hydrogen) atoms. The second kappa shape index (κ2) is 3.41. The van der Waals surface area contributed by atoms with Crippen LogP contribution < -0.4 is 0 Å². The third-order valence-corrected chi connectivity index (χ3v) is 2.50. The average Bonchev–Trinajstić information content (AvgIpc) is 2.00. The lowest BCUT2D eigenvalue weighted by Crippen LogP contribution is -2.16. The van der Waals surface area contributed by atoms with Crippen LogP contribution in [-0.4, -0.2) is 0 Å². The van der Waals surface area contributed by atoms with E-state index >= 15 is 0 Å². The lowest BCUT2D eigenvalue weighted by molar-refractivity contribution is 0.234. The summed E-state index contributed by atoms with van der Waals surface area (Å²) < 4.78 is 15.7. The Morgan fingerprint density at radius 2 is 2.00 bits per heavy atom. The Balaban J connectivity index is 2.58. The van der Waals surface area contributed by atoms with Crippen molar-refractivity contribution < 1.29 is 2.74 Å². The van der Waals surface area contributed by atoms with E-state index in [0.717, 1.165) is 12.8 Å². The lowest BCUT2D eigenvalue weighted by Gasteiger charge is -2.28. The van der Waals surface area contributed by atoms with Gasteiger partial charge in [-0.2, -0.15) is 0 Å². The van der Waals surface area contributed by atoms with Gasteiger partial charge in [-0.3, -0.25) is 0 Å². The van der Waals surface area contributed by atoms with E-state index in [4.69, 9.17) is 2.74 Å². The minimum Gasteiger partial charge on any atom is -0.0625 e. The maximum Gasteiger partial charge on any atom is 0.0270 e. The van der Waals surface area contributed by atoms with Gasteiger partial charge in [0.2, 0.25) is 0 Å². The average molecular weight is 142 g/mol. The molecule has 0 bridgehead atoms. The topological polar surface area (TPSA) is 0 Å². The molecule has 1 rings (SSSR count). The van der Waals surface area contributed by atoms with Gasteiger partial charge >= 0.3 is 0 Å². The van der Waals surface area contributed by atoms with E-state index in [1.165, 1.54) is 0 Å². The summed E-state index contributed by atoms with van der Waals surface area (Å²) in [4.78, 5) is 0. The molecular formula is C10H20. The van der Waals surface area contributed by atoms with E-state index in [0.29, 0.717) is 17.8 Å². The van der Waals surface area contributed by atoms with Crippen LogP contribution in [0.5, 0.6) is 0 Å². The summed E-state index contributed by atoms with van der Waals surface area (Å²) in [5, 5.41) is 0. The molecule has 1 saturated carbocycles. The molecule has 0 radical (unpaired) electrons. The SMILES string of the molecule is [2H]C1C([2H])[C@@H](C)CC[C@@H]1C(C)C. The van der Waals surface area contributed by atoms with Gasteiger partial charge in [0.1, 0.15) is 0 Å². The van der Waals surface area contributed by atoms with Crippen molar-refractivity contribution in [3.05, 3.63) is 0 Å². The van der Waals surface area contributed by atoms with Crippen LogP contribution in [0.3, 0.4) is 0 Å². The molecule has 1 aliphatic carbocycles. The van der Waals surface area contributed by atoms with Crippen LogP contribution in [0.4, 0.5) is 0 Å². The standard InChI is InChI=1S/C10H20/c1-8(2)10-6-4-9(3)5-7-10/h8-10H,4-7H2,1-3H3/t9-,10-/i4D,6D/t4?,6?,9-,10-/m1/s1. The molecule has 2 unspecified atom stereocenters. The molecule has 0 spiro atoms. The second-order valence-electron chi connectivity index (χ2n) is 3.85. The van der Waals surface area contributed by atoms with E-state index in [9.17, 15) is 0 Å². The van der Waals surface area contributed by atoms with Gasteiger partial charge in [-0.1, -0.05) is 33.6 Å². The Kier molecular flexibility index (Phi) is 1.92. The molecule has 1 fully saturated rings. The maximum absolute atomic E-state index is 7.91. The first-order chi connectivity index (χ1) is 5.54. The second-order valence-corrected chi connectivity index (χ2v) is 3.85. The fourth-order valence-corrected chi connectivity index (χ4v) is 1.54. The molecule has 0 aliphatic heterocycles. The van der Waals surface area contributed by atoms with Gasteiger partial charge in [0, 0.05) is 2.74 Å². The number of hydrogen-bond acceptors (Lipinski definition) is 0. The van der Waals surface area contributed by atoms with Gasteiger partial charge in [-0.15, -0.1) is 0 Å². The molecule has 60 valence electrons. The van der Waals surface area contributed by atoms with Gasteiger partial charge in [0.05, 0.1) is 0 Å². The monoisotopic (exact) mass is 142 g/mol. The fourth-order valence-electron chi connectivity index (χ4n) is 1.54. The molecule has 0 aromatic heterocycles. The van der Waals surface area contributed by atoms with Crippen molar-refractivity contribution in [3.8, 4) is 0 Å². The summed E-state index contributed by atoms with van der Waals surface area (Å²) in [6, 6.07) is 0. The Labute approximate surface area is 67.8 Å². The van der Waals surface area contributed by atoms with Crippen molar-refractivity contribution in [2.75, 3.05) is 0 Å². The Hall–Kier alpha value is 0. The minimum atomic E-state index is -0.147. The quantitative estimate of drug-likeness (QED) is 0.526. The van der Waals surface area contributed by atoms with Crippen LogP contribution in [-0.2, 0) is 0 Å². The first-order valence-corrected chi connectivity index (χ1v) is 4.38. The molecule has 0 amide bonds. The highest BCUT2D eigenvalue weighted by Crippen LogP contribution is 2.32. The van der Waals surface area contributed by atoms with Crippen LogP contribution in [0.1, 0.15) is 49.1 Å². The molecule has 0 heterocycles. The summed E-state index contributed by atoms with van der Waals surface area (Å²) in [5.41, 5.74) is 0. The van der Waals surface area contributed by atoms with Crippen LogP contribution in [0, 0.1) is 17.8 Å². The summed E-state index contributed by atoms with van der Waals surface area (Å²) >= 11 is 0. The summed E-state index contributed by atoms with van der Waals surface area (Å²) in [6.07, 6.45) is 2.01. The maximum atomic E-state index is 7.91. The first kappa shape index (κ1) is 5.62. The molecular weight excluding hydrogens is 120 g/mol. The van der Waals surface area contributed by atoms with E-state index in [1.54, 1.807) is 0 Å². The van der Waals surface area contributed by atoms with Gasteiger partial charge in [0.15, 0.2) is 0 Å². The van der Waals surface area contributed by atoms with Crippen molar-refractivity contribution in [1.82, 2.24) is 0 Å².